The van der Waals surface area contributed by atoms with E-state index in [-0.39, 0.29) is 11.3 Å². The summed E-state index contributed by atoms with van der Waals surface area (Å²) in [6.07, 6.45) is 2.12. The van der Waals surface area contributed by atoms with E-state index in [0.717, 1.165) is 16.9 Å². The number of furan rings is 1. The van der Waals surface area contributed by atoms with Gasteiger partial charge in [-0.05, 0) is 60.5 Å². The summed E-state index contributed by atoms with van der Waals surface area (Å²) in [7, 11) is 0. The molecular formula is C23H16Cl2N2O4. The van der Waals surface area contributed by atoms with Gasteiger partial charge in [-0.2, -0.15) is 0 Å². The van der Waals surface area contributed by atoms with E-state index in [1.54, 1.807) is 42.5 Å². The van der Waals surface area contributed by atoms with E-state index in [1.165, 1.54) is 6.08 Å². The Balaban J connectivity index is 1.66. The van der Waals surface area contributed by atoms with E-state index >= 15 is 0 Å². The molecule has 0 radical (unpaired) electrons. The summed E-state index contributed by atoms with van der Waals surface area (Å²) in [6, 6.07) is 14.4. The molecule has 0 bridgehead atoms. The molecule has 1 aliphatic heterocycles. The normalized spacial score (nSPS) is 15.5. The quantitative estimate of drug-likeness (QED) is 0.417. The summed E-state index contributed by atoms with van der Waals surface area (Å²) in [5, 5.41) is 3.08. The van der Waals surface area contributed by atoms with Gasteiger partial charge in [-0.1, -0.05) is 42.3 Å². The Morgan fingerprint density at radius 1 is 1.00 bits per heavy atom. The highest BCUT2D eigenvalue weighted by molar-refractivity contribution is 6.39. The van der Waals surface area contributed by atoms with Gasteiger partial charge in [-0.15, -0.1) is 0 Å². The minimum atomic E-state index is -0.801. The van der Waals surface area contributed by atoms with Crippen molar-refractivity contribution in [3.8, 4) is 11.3 Å². The molecule has 0 unspecified atom stereocenters. The fourth-order valence-corrected chi connectivity index (χ4v) is 3.68. The van der Waals surface area contributed by atoms with Crippen LogP contribution in [-0.4, -0.2) is 17.8 Å². The molecule has 2 aromatic carbocycles. The minimum Gasteiger partial charge on any atom is -0.457 e. The number of amides is 4. The second-order valence-electron chi connectivity index (χ2n) is 6.80. The van der Waals surface area contributed by atoms with Crippen LogP contribution in [0.1, 0.15) is 18.2 Å². The summed E-state index contributed by atoms with van der Waals surface area (Å²) in [4.78, 5) is 38.6. The van der Waals surface area contributed by atoms with Crippen molar-refractivity contribution >= 4 is 52.8 Å². The lowest BCUT2D eigenvalue weighted by atomic mass is 10.1. The first-order valence-corrected chi connectivity index (χ1v) is 10.2. The van der Waals surface area contributed by atoms with Crippen molar-refractivity contribution in [2.24, 2.45) is 0 Å². The summed E-state index contributed by atoms with van der Waals surface area (Å²) in [5.74, 6) is -0.824. The molecule has 0 spiro atoms. The first-order chi connectivity index (χ1) is 14.9. The lowest BCUT2D eigenvalue weighted by Crippen LogP contribution is -2.54. The standard InChI is InChI=1S/C23H16Cl2N2O4/c1-2-13-3-6-15(7-4-13)27-22(29)18(21(28)26-23(27)30)12-16-8-10-20(31-16)17-9-5-14(24)11-19(17)25/h3-12H,2H2,1H3,(H,26,28,30)/b18-12+. The molecule has 156 valence electrons. The molecule has 31 heavy (non-hydrogen) atoms. The van der Waals surface area contributed by atoms with Crippen molar-refractivity contribution in [3.05, 3.63) is 81.5 Å². The third-order valence-electron chi connectivity index (χ3n) is 4.81. The Labute approximate surface area is 188 Å². The predicted octanol–water partition coefficient (Wildman–Crippen LogP) is 5.48. The molecule has 1 saturated heterocycles. The summed E-state index contributed by atoms with van der Waals surface area (Å²) >= 11 is 12.1. The number of nitrogens with zero attached hydrogens (tertiary/aromatic N) is 1. The first-order valence-electron chi connectivity index (χ1n) is 9.43. The number of halogens is 2. The second kappa shape index (κ2) is 8.41. The number of nitrogens with one attached hydrogen (secondary N) is 1. The molecule has 0 saturated carbocycles. The Kier molecular flexibility index (Phi) is 5.67. The number of benzene rings is 2. The number of rotatable bonds is 4. The van der Waals surface area contributed by atoms with Gasteiger partial charge in [0.15, 0.2) is 0 Å². The van der Waals surface area contributed by atoms with Crippen LogP contribution in [0.4, 0.5) is 10.5 Å². The van der Waals surface area contributed by atoms with Crippen molar-refractivity contribution in [2.75, 3.05) is 4.90 Å². The molecule has 4 rings (SSSR count). The predicted molar refractivity (Wildman–Crippen MR) is 119 cm³/mol. The zero-order valence-corrected chi connectivity index (χ0v) is 17.8. The highest BCUT2D eigenvalue weighted by Crippen LogP contribution is 2.32. The van der Waals surface area contributed by atoms with Gasteiger partial charge < -0.3 is 4.42 Å². The van der Waals surface area contributed by atoms with Crippen molar-refractivity contribution in [1.82, 2.24) is 5.32 Å². The van der Waals surface area contributed by atoms with Crippen molar-refractivity contribution in [3.63, 3.8) is 0 Å². The maximum absolute atomic E-state index is 13.0. The van der Waals surface area contributed by atoms with E-state index in [4.69, 9.17) is 27.6 Å². The van der Waals surface area contributed by atoms with Crippen LogP contribution in [0.15, 0.2) is 64.6 Å². The van der Waals surface area contributed by atoms with Gasteiger partial charge in [0.05, 0.1) is 10.7 Å². The first kappa shape index (κ1) is 20.9. The van der Waals surface area contributed by atoms with E-state index in [1.807, 2.05) is 19.1 Å². The summed E-state index contributed by atoms with van der Waals surface area (Å²) in [6.45, 7) is 2.00. The molecule has 8 heteroatoms. The number of hydrogen-bond acceptors (Lipinski definition) is 4. The minimum absolute atomic E-state index is 0.220. The Morgan fingerprint density at radius 3 is 2.42 bits per heavy atom. The fraction of sp³-hybridized carbons (Fsp3) is 0.0870. The average molecular weight is 455 g/mol. The Morgan fingerprint density at radius 2 is 1.74 bits per heavy atom. The van der Waals surface area contributed by atoms with Crippen molar-refractivity contribution in [2.45, 2.75) is 13.3 Å². The number of aryl methyl sites for hydroxylation is 1. The third kappa shape index (κ3) is 4.13. The third-order valence-corrected chi connectivity index (χ3v) is 5.36. The van der Waals surface area contributed by atoms with Gasteiger partial charge >= 0.3 is 6.03 Å². The van der Waals surface area contributed by atoms with Crippen LogP contribution in [0.2, 0.25) is 10.0 Å². The van der Waals surface area contributed by atoms with Crippen LogP contribution in [0.5, 0.6) is 0 Å². The molecule has 1 aromatic heterocycles. The lowest BCUT2D eigenvalue weighted by Gasteiger charge is -2.26. The molecular weight excluding hydrogens is 439 g/mol. The van der Waals surface area contributed by atoms with Crippen molar-refractivity contribution in [1.29, 1.82) is 0 Å². The molecule has 6 nitrogen and oxygen atoms in total. The monoisotopic (exact) mass is 454 g/mol. The highest BCUT2D eigenvalue weighted by atomic mass is 35.5. The van der Waals surface area contributed by atoms with E-state index < -0.39 is 17.8 Å². The molecule has 1 N–H and O–H groups in total. The number of carbonyl (C=O) groups is 3. The van der Waals surface area contributed by atoms with Gasteiger partial charge in [-0.25, -0.2) is 9.69 Å². The smallest absolute Gasteiger partial charge is 0.335 e. The van der Waals surface area contributed by atoms with E-state index in [2.05, 4.69) is 5.32 Å². The zero-order chi connectivity index (χ0) is 22.1. The van der Waals surface area contributed by atoms with Crippen LogP contribution in [0.25, 0.3) is 17.4 Å². The topological polar surface area (TPSA) is 79.6 Å². The zero-order valence-electron chi connectivity index (χ0n) is 16.3. The van der Waals surface area contributed by atoms with Gasteiger partial charge in [0.1, 0.15) is 17.1 Å². The lowest BCUT2D eigenvalue weighted by molar-refractivity contribution is -0.122. The van der Waals surface area contributed by atoms with E-state index in [9.17, 15) is 14.4 Å². The number of hydrogen-bond donors (Lipinski definition) is 1. The van der Waals surface area contributed by atoms with Gasteiger partial charge in [-0.3, -0.25) is 14.9 Å². The number of barbiturate groups is 1. The number of urea groups is 1. The summed E-state index contributed by atoms with van der Waals surface area (Å²) < 4.78 is 5.75. The van der Waals surface area contributed by atoms with Crippen LogP contribution < -0.4 is 10.2 Å². The van der Waals surface area contributed by atoms with Crippen molar-refractivity contribution < 1.29 is 18.8 Å². The Bertz CT molecular complexity index is 1230. The van der Waals surface area contributed by atoms with Crippen LogP contribution in [0, 0.1) is 0 Å². The maximum atomic E-state index is 13.0. The average Bonchev–Trinajstić information content (AvgIpc) is 3.20. The number of imide groups is 2. The van der Waals surface area contributed by atoms with Crippen LogP contribution >= 0.6 is 23.2 Å². The van der Waals surface area contributed by atoms with Gasteiger partial charge in [0.25, 0.3) is 11.8 Å². The molecule has 1 fully saturated rings. The maximum Gasteiger partial charge on any atom is 0.335 e. The number of anilines is 1. The molecule has 3 aromatic rings. The SMILES string of the molecule is CCc1ccc(N2C(=O)NC(=O)/C(=C\c3ccc(-c4ccc(Cl)cc4Cl)o3)C2=O)cc1. The summed E-state index contributed by atoms with van der Waals surface area (Å²) in [5.41, 5.74) is 1.82. The van der Waals surface area contributed by atoms with E-state index in [0.29, 0.717) is 27.1 Å². The molecule has 2 heterocycles. The molecule has 0 aliphatic carbocycles. The number of carbonyl (C=O) groups excluding carboxylic acids is 3. The van der Waals surface area contributed by atoms with Gasteiger partial charge in [0, 0.05) is 10.6 Å². The van der Waals surface area contributed by atoms with Crippen LogP contribution in [-0.2, 0) is 16.0 Å². The highest BCUT2D eigenvalue weighted by Gasteiger charge is 2.37. The molecule has 1 aliphatic rings. The second-order valence-corrected chi connectivity index (χ2v) is 7.65. The fourth-order valence-electron chi connectivity index (χ4n) is 3.18. The van der Waals surface area contributed by atoms with Gasteiger partial charge in [0.2, 0.25) is 0 Å². The van der Waals surface area contributed by atoms with Crippen LogP contribution in [0.3, 0.4) is 0 Å². The largest absolute Gasteiger partial charge is 0.457 e. The molecule has 0 atom stereocenters. The Hall–Kier alpha value is -3.35. The molecule has 4 amide bonds.